The number of allylic oxidation sites excluding steroid dienone is 2. The molecule has 28 heavy (non-hydrogen) atoms. The molecule has 4 nitrogen and oxygen atoms in total. The van der Waals surface area contributed by atoms with Gasteiger partial charge in [0.2, 0.25) is 0 Å². The standard InChI is InChI=1S/C24H26N2O2/c27-17-12-10-16(11-13-17)22-19-7-4-6-18(19)20-8-5-9-21(23(20)25-22)24(28)26-14-2-1-3-15-26/h4-6,8-13,18-19,22,25,27H,1-3,7,14-15H2. The van der Waals surface area contributed by atoms with E-state index in [1.807, 2.05) is 29.2 Å². The molecule has 2 aromatic rings. The van der Waals surface area contributed by atoms with Crippen molar-refractivity contribution in [2.45, 2.75) is 37.6 Å². The number of nitrogens with one attached hydrogen (secondary N) is 1. The summed E-state index contributed by atoms with van der Waals surface area (Å²) in [6, 6.07) is 13.8. The molecule has 0 radical (unpaired) electrons. The second-order valence-corrected chi connectivity index (χ2v) is 8.19. The van der Waals surface area contributed by atoms with Crippen LogP contribution in [-0.4, -0.2) is 29.0 Å². The highest BCUT2D eigenvalue weighted by molar-refractivity contribution is 6.01. The number of likely N-dealkylation sites (tertiary alicyclic amines) is 1. The fourth-order valence-corrected chi connectivity index (χ4v) is 5.08. The fraction of sp³-hybridized carbons (Fsp3) is 0.375. The Balaban J connectivity index is 1.55. The summed E-state index contributed by atoms with van der Waals surface area (Å²) < 4.78 is 0. The molecule has 2 aromatic carbocycles. The smallest absolute Gasteiger partial charge is 0.255 e. The van der Waals surface area contributed by atoms with Gasteiger partial charge in [-0.05, 0) is 60.9 Å². The van der Waals surface area contributed by atoms with E-state index in [2.05, 4.69) is 23.5 Å². The summed E-state index contributed by atoms with van der Waals surface area (Å²) in [5.74, 6) is 1.18. The molecular weight excluding hydrogens is 348 g/mol. The quantitative estimate of drug-likeness (QED) is 0.739. The summed E-state index contributed by atoms with van der Waals surface area (Å²) >= 11 is 0. The molecule has 0 bridgehead atoms. The molecule has 1 amide bonds. The van der Waals surface area contributed by atoms with Gasteiger partial charge in [0.05, 0.1) is 17.3 Å². The molecule has 1 saturated heterocycles. The first kappa shape index (κ1) is 17.4. The average molecular weight is 374 g/mol. The first-order valence-corrected chi connectivity index (χ1v) is 10.4. The molecule has 2 N–H and O–H groups in total. The van der Waals surface area contributed by atoms with Gasteiger partial charge in [0.15, 0.2) is 0 Å². The van der Waals surface area contributed by atoms with Gasteiger partial charge in [-0.25, -0.2) is 0 Å². The van der Waals surface area contributed by atoms with Gasteiger partial charge in [0, 0.05) is 19.0 Å². The van der Waals surface area contributed by atoms with Crippen LogP contribution < -0.4 is 5.32 Å². The van der Waals surface area contributed by atoms with Crippen LogP contribution in [0.25, 0.3) is 0 Å². The minimum Gasteiger partial charge on any atom is -0.508 e. The van der Waals surface area contributed by atoms with E-state index >= 15 is 0 Å². The molecule has 2 aliphatic heterocycles. The fourth-order valence-electron chi connectivity index (χ4n) is 5.08. The van der Waals surface area contributed by atoms with E-state index in [1.165, 1.54) is 12.0 Å². The molecule has 0 spiro atoms. The summed E-state index contributed by atoms with van der Waals surface area (Å²) in [7, 11) is 0. The molecular formula is C24H26N2O2. The van der Waals surface area contributed by atoms with Gasteiger partial charge in [-0.3, -0.25) is 4.79 Å². The number of carbonyl (C=O) groups excluding carboxylic acids is 1. The summed E-state index contributed by atoms with van der Waals surface area (Å²) in [5, 5.41) is 13.4. The van der Waals surface area contributed by atoms with Crippen LogP contribution >= 0.6 is 0 Å². The topological polar surface area (TPSA) is 52.6 Å². The minimum absolute atomic E-state index is 0.128. The molecule has 5 rings (SSSR count). The van der Waals surface area contributed by atoms with Crippen LogP contribution in [-0.2, 0) is 0 Å². The number of piperidine rings is 1. The lowest BCUT2D eigenvalue weighted by Gasteiger charge is -2.39. The Bertz CT molecular complexity index is 913. The Morgan fingerprint density at radius 3 is 2.61 bits per heavy atom. The summed E-state index contributed by atoms with van der Waals surface area (Å²) in [6.07, 6.45) is 8.99. The van der Waals surface area contributed by atoms with Crippen molar-refractivity contribution in [2.24, 2.45) is 5.92 Å². The highest BCUT2D eigenvalue weighted by Gasteiger charge is 2.39. The largest absolute Gasteiger partial charge is 0.508 e. The van der Waals surface area contributed by atoms with Gasteiger partial charge < -0.3 is 15.3 Å². The van der Waals surface area contributed by atoms with Crippen molar-refractivity contribution in [3.63, 3.8) is 0 Å². The summed E-state index contributed by atoms with van der Waals surface area (Å²) in [5.41, 5.74) is 4.17. The van der Waals surface area contributed by atoms with E-state index < -0.39 is 0 Å². The van der Waals surface area contributed by atoms with Crippen molar-refractivity contribution >= 4 is 11.6 Å². The van der Waals surface area contributed by atoms with Crippen molar-refractivity contribution in [2.75, 3.05) is 18.4 Å². The van der Waals surface area contributed by atoms with Crippen molar-refractivity contribution in [3.05, 3.63) is 71.3 Å². The predicted octanol–water partition coefficient (Wildman–Crippen LogP) is 4.84. The van der Waals surface area contributed by atoms with Gasteiger partial charge >= 0.3 is 0 Å². The number of phenols is 1. The zero-order chi connectivity index (χ0) is 19.1. The number of nitrogens with zero attached hydrogens (tertiary/aromatic N) is 1. The maximum absolute atomic E-state index is 13.3. The number of aromatic hydroxyl groups is 1. The SMILES string of the molecule is O=C(c1cccc2c1NC(c1ccc(O)cc1)C1CC=CC21)N1CCCCC1. The third-order valence-electron chi connectivity index (χ3n) is 6.52. The van der Waals surface area contributed by atoms with E-state index in [-0.39, 0.29) is 17.7 Å². The van der Waals surface area contributed by atoms with Gasteiger partial charge in [-0.2, -0.15) is 0 Å². The first-order valence-electron chi connectivity index (χ1n) is 10.4. The number of hydrogen-bond acceptors (Lipinski definition) is 3. The average Bonchev–Trinajstić information content (AvgIpc) is 3.24. The van der Waals surface area contributed by atoms with Crippen molar-refractivity contribution in [1.29, 1.82) is 0 Å². The van der Waals surface area contributed by atoms with Gasteiger partial charge in [0.1, 0.15) is 5.75 Å². The zero-order valence-electron chi connectivity index (χ0n) is 16.0. The Labute approximate surface area is 165 Å². The second-order valence-electron chi connectivity index (χ2n) is 8.19. The molecule has 3 unspecified atom stereocenters. The molecule has 3 aliphatic rings. The molecule has 1 aliphatic carbocycles. The number of hydrogen-bond donors (Lipinski definition) is 2. The Morgan fingerprint density at radius 2 is 1.82 bits per heavy atom. The van der Waals surface area contributed by atoms with Crippen LogP contribution in [0.1, 0.15) is 59.1 Å². The Hall–Kier alpha value is -2.75. The molecule has 3 atom stereocenters. The molecule has 0 saturated carbocycles. The zero-order valence-corrected chi connectivity index (χ0v) is 16.0. The van der Waals surface area contributed by atoms with E-state index in [4.69, 9.17) is 0 Å². The number of amides is 1. The highest BCUT2D eigenvalue weighted by Crippen LogP contribution is 2.50. The van der Waals surface area contributed by atoms with Crippen LogP contribution in [0.4, 0.5) is 5.69 Å². The van der Waals surface area contributed by atoms with Crippen molar-refractivity contribution in [1.82, 2.24) is 4.90 Å². The molecule has 2 heterocycles. The van der Waals surface area contributed by atoms with Crippen molar-refractivity contribution < 1.29 is 9.90 Å². The number of fused-ring (bicyclic) bond motifs is 3. The number of para-hydroxylation sites is 1. The maximum atomic E-state index is 13.3. The number of carbonyl (C=O) groups is 1. The highest BCUT2D eigenvalue weighted by atomic mass is 16.3. The van der Waals surface area contributed by atoms with Crippen LogP contribution in [0.3, 0.4) is 0 Å². The minimum atomic E-state index is 0.128. The Kier molecular flexibility index (Phi) is 4.34. The lowest BCUT2D eigenvalue weighted by atomic mass is 9.76. The first-order chi connectivity index (χ1) is 13.7. The van der Waals surface area contributed by atoms with E-state index in [1.54, 1.807) is 12.1 Å². The van der Waals surface area contributed by atoms with Gasteiger partial charge in [0.25, 0.3) is 5.91 Å². The lowest BCUT2D eigenvalue weighted by molar-refractivity contribution is 0.0725. The molecule has 0 aromatic heterocycles. The van der Waals surface area contributed by atoms with Crippen LogP contribution in [0, 0.1) is 5.92 Å². The number of rotatable bonds is 2. The van der Waals surface area contributed by atoms with E-state index in [0.29, 0.717) is 11.8 Å². The summed E-state index contributed by atoms with van der Waals surface area (Å²) in [4.78, 5) is 15.3. The molecule has 144 valence electrons. The normalized spacial score (nSPS) is 25.7. The summed E-state index contributed by atoms with van der Waals surface area (Å²) in [6.45, 7) is 1.71. The molecule has 1 fully saturated rings. The third kappa shape index (κ3) is 2.88. The van der Waals surface area contributed by atoms with Crippen LogP contribution in [0.5, 0.6) is 5.75 Å². The number of phenolic OH excluding ortho intramolecular Hbond substituents is 1. The van der Waals surface area contributed by atoms with Crippen LogP contribution in [0.2, 0.25) is 0 Å². The Morgan fingerprint density at radius 1 is 1.04 bits per heavy atom. The maximum Gasteiger partial charge on any atom is 0.255 e. The predicted molar refractivity (Wildman–Crippen MR) is 111 cm³/mol. The van der Waals surface area contributed by atoms with Gasteiger partial charge in [-0.15, -0.1) is 0 Å². The van der Waals surface area contributed by atoms with E-state index in [0.717, 1.165) is 49.2 Å². The van der Waals surface area contributed by atoms with Crippen LogP contribution in [0.15, 0.2) is 54.6 Å². The van der Waals surface area contributed by atoms with Gasteiger partial charge in [-0.1, -0.05) is 36.4 Å². The molecule has 4 heteroatoms. The third-order valence-corrected chi connectivity index (χ3v) is 6.52. The number of benzene rings is 2. The second kappa shape index (κ2) is 7.01. The number of anilines is 1. The van der Waals surface area contributed by atoms with Crippen molar-refractivity contribution in [3.8, 4) is 5.75 Å². The monoisotopic (exact) mass is 374 g/mol. The van der Waals surface area contributed by atoms with E-state index in [9.17, 15) is 9.90 Å². The lowest BCUT2D eigenvalue weighted by Crippen LogP contribution is -2.37.